The Morgan fingerprint density at radius 3 is 2.72 bits per heavy atom. The van der Waals surface area contributed by atoms with Crippen molar-refractivity contribution in [3.05, 3.63) is 56.1 Å². The van der Waals surface area contributed by atoms with Gasteiger partial charge in [-0.1, -0.05) is 0 Å². The lowest BCUT2D eigenvalue weighted by molar-refractivity contribution is -0.115. The van der Waals surface area contributed by atoms with Crippen LogP contribution in [-0.4, -0.2) is 10.9 Å². The van der Waals surface area contributed by atoms with Crippen LogP contribution in [0.5, 0.6) is 0 Å². The van der Waals surface area contributed by atoms with E-state index in [-0.39, 0.29) is 12.3 Å². The molecule has 1 amide bonds. The van der Waals surface area contributed by atoms with Gasteiger partial charge in [-0.25, -0.2) is 9.78 Å². The molecule has 0 spiro atoms. The molecule has 0 unspecified atom stereocenters. The molecule has 3 heterocycles. The van der Waals surface area contributed by atoms with Crippen LogP contribution in [0.2, 0.25) is 0 Å². The van der Waals surface area contributed by atoms with Gasteiger partial charge in [0.2, 0.25) is 5.91 Å². The third-order valence-corrected chi connectivity index (χ3v) is 6.43. The van der Waals surface area contributed by atoms with Gasteiger partial charge in [0, 0.05) is 39.9 Å². The molecule has 3 aromatic heterocycles. The second-order valence-electron chi connectivity index (χ2n) is 7.52. The molecule has 6 nitrogen and oxygen atoms in total. The van der Waals surface area contributed by atoms with Crippen molar-refractivity contribution >= 4 is 44.3 Å². The monoisotopic (exact) mass is 408 g/mol. The number of anilines is 1. The van der Waals surface area contributed by atoms with Crippen molar-refractivity contribution in [3.63, 3.8) is 0 Å². The van der Waals surface area contributed by atoms with Gasteiger partial charge in [-0.05, 0) is 44.7 Å². The largest absolute Gasteiger partial charge is 0.460 e. The van der Waals surface area contributed by atoms with E-state index in [1.54, 1.807) is 11.6 Å². The summed E-state index contributed by atoms with van der Waals surface area (Å²) in [6.45, 7) is 3.81. The number of fused-ring (bicyclic) bond motifs is 4. The summed E-state index contributed by atoms with van der Waals surface area (Å²) in [6, 6.07) is 2.06. The van der Waals surface area contributed by atoms with E-state index in [1.165, 1.54) is 16.9 Å². The van der Waals surface area contributed by atoms with E-state index in [1.807, 2.05) is 13.8 Å². The Balaban J connectivity index is 1.63. The molecule has 1 N–H and O–H groups in total. The number of amides is 1. The molecule has 29 heavy (non-hydrogen) atoms. The van der Waals surface area contributed by atoms with Crippen molar-refractivity contribution in [1.82, 2.24) is 4.98 Å². The van der Waals surface area contributed by atoms with Crippen molar-refractivity contribution in [1.29, 1.82) is 0 Å². The van der Waals surface area contributed by atoms with Gasteiger partial charge in [0.25, 0.3) is 0 Å². The maximum atomic E-state index is 12.7. The SMILES string of the molecule is Cc1c(CC(=O)Nc2nccs2)c(=O)oc2c(C)c3oc4c(c3cc12)CCCC4. The number of carbonyl (C=O) groups is 1. The molecule has 7 heteroatoms. The van der Waals surface area contributed by atoms with E-state index in [4.69, 9.17) is 8.83 Å². The highest BCUT2D eigenvalue weighted by Crippen LogP contribution is 2.37. The second-order valence-corrected chi connectivity index (χ2v) is 8.42. The second kappa shape index (κ2) is 6.84. The van der Waals surface area contributed by atoms with Gasteiger partial charge in [0.1, 0.15) is 16.9 Å². The average molecular weight is 408 g/mol. The maximum absolute atomic E-state index is 12.7. The minimum absolute atomic E-state index is 0.0513. The molecular weight excluding hydrogens is 388 g/mol. The number of furan rings is 1. The van der Waals surface area contributed by atoms with Crippen LogP contribution in [0, 0.1) is 13.8 Å². The highest BCUT2D eigenvalue weighted by atomic mass is 32.1. The first-order valence-electron chi connectivity index (χ1n) is 9.72. The minimum Gasteiger partial charge on any atom is -0.460 e. The van der Waals surface area contributed by atoms with Crippen molar-refractivity contribution in [2.75, 3.05) is 5.32 Å². The van der Waals surface area contributed by atoms with Gasteiger partial charge in [-0.2, -0.15) is 0 Å². The number of hydrogen-bond donors (Lipinski definition) is 1. The van der Waals surface area contributed by atoms with Gasteiger partial charge < -0.3 is 14.2 Å². The van der Waals surface area contributed by atoms with Gasteiger partial charge in [0.05, 0.1) is 12.0 Å². The first kappa shape index (κ1) is 18.1. The van der Waals surface area contributed by atoms with Crippen LogP contribution in [0.4, 0.5) is 5.13 Å². The zero-order valence-electron chi connectivity index (χ0n) is 16.3. The summed E-state index contributed by atoms with van der Waals surface area (Å²) in [6.07, 6.45) is 5.82. The third-order valence-electron chi connectivity index (χ3n) is 5.74. The zero-order valence-corrected chi connectivity index (χ0v) is 17.1. The number of rotatable bonds is 3. The summed E-state index contributed by atoms with van der Waals surface area (Å²) in [4.78, 5) is 29.1. The fourth-order valence-electron chi connectivity index (χ4n) is 4.23. The van der Waals surface area contributed by atoms with Crippen LogP contribution in [0.3, 0.4) is 0 Å². The maximum Gasteiger partial charge on any atom is 0.340 e. The fourth-order valence-corrected chi connectivity index (χ4v) is 4.78. The topological polar surface area (TPSA) is 85.3 Å². The van der Waals surface area contributed by atoms with Crippen LogP contribution in [0.25, 0.3) is 21.9 Å². The summed E-state index contributed by atoms with van der Waals surface area (Å²) < 4.78 is 11.8. The van der Waals surface area contributed by atoms with Crippen LogP contribution in [-0.2, 0) is 24.1 Å². The van der Waals surface area contributed by atoms with E-state index in [0.717, 1.165) is 58.9 Å². The van der Waals surface area contributed by atoms with E-state index in [0.29, 0.717) is 16.3 Å². The molecule has 1 aliphatic rings. The highest BCUT2D eigenvalue weighted by Gasteiger charge is 2.23. The number of benzene rings is 1. The van der Waals surface area contributed by atoms with Gasteiger partial charge in [-0.15, -0.1) is 11.3 Å². The molecule has 4 aromatic rings. The molecule has 148 valence electrons. The van der Waals surface area contributed by atoms with E-state index in [9.17, 15) is 9.59 Å². The summed E-state index contributed by atoms with van der Waals surface area (Å²) in [5.41, 5.74) is 4.12. The number of hydrogen-bond acceptors (Lipinski definition) is 6. The summed E-state index contributed by atoms with van der Waals surface area (Å²) >= 11 is 1.34. The van der Waals surface area contributed by atoms with Crippen molar-refractivity contribution in [2.45, 2.75) is 46.0 Å². The number of aryl methyl sites for hydroxylation is 4. The van der Waals surface area contributed by atoms with E-state index < -0.39 is 5.63 Å². The molecule has 1 aliphatic carbocycles. The molecule has 0 saturated carbocycles. The average Bonchev–Trinajstić information content (AvgIpc) is 3.34. The predicted molar refractivity (Wildman–Crippen MR) is 113 cm³/mol. The summed E-state index contributed by atoms with van der Waals surface area (Å²) in [5, 5.41) is 6.98. The number of nitrogens with zero attached hydrogens (tertiary/aromatic N) is 1. The van der Waals surface area contributed by atoms with E-state index >= 15 is 0 Å². The van der Waals surface area contributed by atoms with Crippen molar-refractivity contribution < 1.29 is 13.6 Å². The molecule has 0 bridgehead atoms. The number of thiazole rings is 1. The van der Waals surface area contributed by atoms with Crippen molar-refractivity contribution in [2.24, 2.45) is 0 Å². The standard InChI is InChI=1S/C22H20N2O4S/c1-11-14-9-16-13-5-3-4-6-17(13)27-20(16)12(2)19(14)28-21(26)15(11)10-18(25)24-22-23-7-8-29-22/h7-9H,3-6,10H2,1-2H3,(H,23,24,25). The Morgan fingerprint density at radius 1 is 1.14 bits per heavy atom. The predicted octanol–water partition coefficient (Wildman–Crippen LogP) is 4.67. The molecule has 5 rings (SSSR count). The molecule has 1 aromatic carbocycles. The molecule has 0 atom stereocenters. The molecule has 0 fully saturated rings. The van der Waals surface area contributed by atoms with Gasteiger partial charge >= 0.3 is 5.63 Å². The van der Waals surface area contributed by atoms with Crippen LogP contribution in [0.1, 0.15) is 40.9 Å². The summed E-state index contributed by atoms with van der Waals surface area (Å²) in [5.74, 6) is 0.765. The smallest absolute Gasteiger partial charge is 0.340 e. The lowest BCUT2D eigenvalue weighted by Crippen LogP contribution is -2.20. The molecular formula is C22H20N2O4S. The lowest BCUT2D eigenvalue weighted by atomic mass is 9.93. The fraction of sp³-hybridized carbons (Fsp3) is 0.318. The van der Waals surface area contributed by atoms with E-state index in [2.05, 4.69) is 16.4 Å². The Kier molecular flexibility index (Phi) is 4.28. The first-order chi connectivity index (χ1) is 14.0. The third kappa shape index (κ3) is 2.97. The van der Waals surface area contributed by atoms with Gasteiger partial charge in [-0.3, -0.25) is 4.79 Å². The highest BCUT2D eigenvalue weighted by molar-refractivity contribution is 7.13. The Labute approximate surface area is 170 Å². The van der Waals surface area contributed by atoms with Crippen LogP contribution in [0.15, 0.2) is 31.3 Å². The molecule has 0 aliphatic heterocycles. The lowest BCUT2D eigenvalue weighted by Gasteiger charge is -2.11. The quantitative estimate of drug-likeness (QED) is 0.498. The molecule has 0 saturated heterocycles. The molecule has 0 radical (unpaired) electrons. The normalized spacial score (nSPS) is 13.7. The van der Waals surface area contributed by atoms with Crippen LogP contribution < -0.4 is 10.9 Å². The zero-order chi connectivity index (χ0) is 20.1. The summed E-state index contributed by atoms with van der Waals surface area (Å²) in [7, 11) is 0. The Bertz CT molecular complexity index is 1310. The number of nitrogens with one attached hydrogen (secondary N) is 1. The Hall–Kier alpha value is -2.93. The number of carbonyl (C=O) groups excluding carboxylic acids is 1. The van der Waals surface area contributed by atoms with Gasteiger partial charge in [0.15, 0.2) is 5.13 Å². The van der Waals surface area contributed by atoms with Crippen molar-refractivity contribution in [3.8, 4) is 0 Å². The minimum atomic E-state index is -0.483. The number of aromatic nitrogens is 1. The Morgan fingerprint density at radius 2 is 1.93 bits per heavy atom. The van der Waals surface area contributed by atoms with Crippen LogP contribution >= 0.6 is 11.3 Å². The first-order valence-corrected chi connectivity index (χ1v) is 10.6.